The molecule has 0 bridgehead atoms. The molecular weight excluding hydrogens is 336 g/mol. The van der Waals surface area contributed by atoms with Gasteiger partial charge in [-0.05, 0) is 24.3 Å². The Morgan fingerprint density at radius 2 is 1.83 bits per heavy atom. The molecule has 5 nitrogen and oxygen atoms in total. The Kier molecular flexibility index (Phi) is 6.31. The van der Waals surface area contributed by atoms with Gasteiger partial charge in [-0.1, -0.05) is 35.9 Å². The summed E-state index contributed by atoms with van der Waals surface area (Å²) in [4.78, 5) is 23.6. The van der Waals surface area contributed by atoms with Gasteiger partial charge in [-0.25, -0.2) is 0 Å². The third kappa shape index (κ3) is 5.50. The Labute approximate surface area is 143 Å². The fraction of sp³-hybridized carbons (Fsp3) is 0.125. The van der Waals surface area contributed by atoms with Crippen LogP contribution in [0.5, 0.6) is 5.75 Å². The number of halogens is 1. The molecule has 0 radical (unpaired) electrons. The first-order valence-corrected chi connectivity index (χ1v) is 8.10. The SMILES string of the molecule is NC(=O)CSc1ccccc1NC(=O)COc1ccccc1Cl. The molecule has 0 aliphatic heterocycles. The molecule has 2 amide bonds. The Morgan fingerprint density at radius 3 is 2.57 bits per heavy atom. The summed E-state index contributed by atoms with van der Waals surface area (Å²) in [5.41, 5.74) is 5.74. The van der Waals surface area contributed by atoms with Gasteiger partial charge >= 0.3 is 0 Å². The third-order valence-electron chi connectivity index (χ3n) is 2.73. The van der Waals surface area contributed by atoms with E-state index in [1.807, 2.05) is 6.07 Å². The van der Waals surface area contributed by atoms with E-state index in [0.717, 1.165) is 4.90 Å². The topological polar surface area (TPSA) is 81.4 Å². The Balaban J connectivity index is 1.95. The minimum atomic E-state index is -0.418. The average Bonchev–Trinajstić information content (AvgIpc) is 2.53. The Hall–Kier alpha value is -2.18. The number of nitrogens with two attached hydrogens (primary N) is 1. The van der Waals surface area contributed by atoms with E-state index >= 15 is 0 Å². The molecule has 2 aromatic carbocycles. The summed E-state index contributed by atoms with van der Waals surface area (Å²) in [5.74, 6) is -0.154. The van der Waals surface area contributed by atoms with Crippen LogP contribution in [-0.2, 0) is 9.59 Å². The zero-order chi connectivity index (χ0) is 16.7. The van der Waals surface area contributed by atoms with Gasteiger partial charge in [0.2, 0.25) is 5.91 Å². The maximum atomic E-state index is 12.0. The van der Waals surface area contributed by atoms with Gasteiger partial charge in [0, 0.05) is 4.90 Å². The van der Waals surface area contributed by atoms with Crippen molar-refractivity contribution in [1.82, 2.24) is 0 Å². The number of ether oxygens (including phenoxy) is 1. The molecule has 0 saturated heterocycles. The van der Waals surface area contributed by atoms with Crippen LogP contribution < -0.4 is 15.8 Å². The van der Waals surface area contributed by atoms with Crippen molar-refractivity contribution >= 4 is 40.9 Å². The van der Waals surface area contributed by atoms with E-state index in [0.29, 0.717) is 16.5 Å². The number of rotatable bonds is 7. The second kappa shape index (κ2) is 8.45. The van der Waals surface area contributed by atoms with Crippen LogP contribution in [0, 0.1) is 0 Å². The number of carbonyl (C=O) groups excluding carboxylic acids is 2. The van der Waals surface area contributed by atoms with Crippen LogP contribution in [0.1, 0.15) is 0 Å². The number of nitrogens with one attached hydrogen (secondary N) is 1. The van der Waals surface area contributed by atoms with E-state index in [4.69, 9.17) is 22.1 Å². The normalized spacial score (nSPS) is 10.1. The summed E-state index contributed by atoms with van der Waals surface area (Å²) in [6.45, 7) is -0.168. The predicted molar refractivity (Wildman–Crippen MR) is 91.9 cm³/mol. The van der Waals surface area contributed by atoms with Crippen molar-refractivity contribution < 1.29 is 14.3 Å². The van der Waals surface area contributed by atoms with Gasteiger partial charge in [-0.15, -0.1) is 11.8 Å². The molecular formula is C16H15ClN2O3S. The number of thioether (sulfide) groups is 1. The fourth-order valence-electron chi connectivity index (χ4n) is 1.74. The van der Waals surface area contributed by atoms with Crippen LogP contribution >= 0.6 is 23.4 Å². The molecule has 0 aromatic heterocycles. The summed E-state index contributed by atoms with van der Waals surface area (Å²) in [5, 5.41) is 3.19. The molecule has 0 aliphatic carbocycles. The highest BCUT2D eigenvalue weighted by Crippen LogP contribution is 2.27. The molecule has 2 aromatic rings. The van der Waals surface area contributed by atoms with Gasteiger partial charge in [0.1, 0.15) is 5.75 Å². The molecule has 0 heterocycles. The van der Waals surface area contributed by atoms with E-state index in [2.05, 4.69) is 5.32 Å². The summed E-state index contributed by atoms with van der Waals surface area (Å²) in [6, 6.07) is 14.1. The van der Waals surface area contributed by atoms with Gasteiger partial charge in [0.25, 0.3) is 5.91 Å². The van der Waals surface area contributed by atoms with E-state index in [-0.39, 0.29) is 18.3 Å². The molecule has 0 saturated carbocycles. The second-order valence-electron chi connectivity index (χ2n) is 4.52. The zero-order valence-corrected chi connectivity index (χ0v) is 13.7. The first kappa shape index (κ1) is 17.2. The van der Waals surface area contributed by atoms with Gasteiger partial charge in [-0.3, -0.25) is 9.59 Å². The summed E-state index contributed by atoms with van der Waals surface area (Å²) < 4.78 is 5.38. The van der Waals surface area contributed by atoms with E-state index < -0.39 is 5.91 Å². The molecule has 0 spiro atoms. The first-order chi connectivity index (χ1) is 11.1. The fourth-order valence-corrected chi connectivity index (χ4v) is 2.67. The molecule has 23 heavy (non-hydrogen) atoms. The van der Waals surface area contributed by atoms with Crippen molar-refractivity contribution in [2.45, 2.75) is 4.90 Å². The van der Waals surface area contributed by atoms with Crippen LogP contribution in [0.25, 0.3) is 0 Å². The number of hydrogen-bond donors (Lipinski definition) is 2. The van der Waals surface area contributed by atoms with Crippen LogP contribution in [-0.4, -0.2) is 24.2 Å². The lowest BCUT2D eigenvalue weighted by atomic mass is 10.3. The molecule has 0 unspecified atom stereocenters. The van der Waals surface area contributed by atoms with Crippen molar-refractivity contribution in [3.63, 3.8) is 0 Å². The number of anilines is 1. The summed E-state index contributed by atoms with van der Waals surface area (Å²) >= 11 is 7.22. The van der Waals surface area contributed by atoms with Crippen LogP contribution in [0.4, 0.5) is 5.69 Å². The minimum Gasteiger partial charge on any atom is -0.482 e. The lowest BCUT2D eigenvalue weighted by molar-refractivity contribution is -0.118. The average molecular weight is 351 g/mol. The van der Waals surface area contributed by atoms with Crippen LogP contribution in [0.3, 0.4) is 0 Å². The van der Waals surface area contributed by atoms with Gasteiger partial charge in [0.05, 0.1) is 16.5 Å². The summed E-state index contributed by atoms with van der Waals surface area (Å²) in [7, 11) is 0. The van der Waals surface area contributed by atoms with Crippen LogP contribution in [0.15, 0.2) is 53.4 Å². The molecule has 2 rings (SSSR count). The zero-order valence-electron chi connectivity index (χ0n) is 12.1. The number of benzene rings is 2. The number of hydrogen-bond acceptors (Lipinski definition) is 4. The molecule has 7 heteroatoms. The van der Waals surface area contributed by atoms with Crippen molar-refractivity contribution in [3.8, 4) is 5.75 Å². The lowest BCUT2D eigenvalue weighted by Gasteiger charge is -2.11. The Morgan fingerprint density at radius 1 is 1.13 bits per heavy atom. The lowest BCUT2D eigenvalue weighted by Crippen LogP contribution is -2.20. The smallest absolute Gasteiger partial charge is 0.262 e. The monoisotopic (exact) mass is 350 g/mol. The van der Waals surface area contributed by atoms with Gasteiger partial charge in [-0.2, -0.15) is 0 Å². The number of amides is 2. The maximum absolute atomic E-state index is 12.0. The number of primary amides is 1. The van der Waals surface area contributed by atoms with Crippen molar-refractivity contribution in [1.29, 1.82) is 0 Å². The highest BCUT2D eigenvalue weighted by molar-refractivity contribution is 8.00. The van der Waals surface area contributed by atoms with Gasteiger partial charge in [0.15, 0.2) is 6.61 Å². The maximum Gasteiger partial charge on any atom is 0.262 e. The van der Waals surface area contributed by atoms with Crippen LogP contribution in [0.2, 0.25) is 5.02 Å². The van der Waals surface area contributed by atoms with E-state index in [1.165, 1.54) is 11.8 Å². The molecule has 0 aliphatic rings. The summed E-state index contributed by atoms with van der Waals surface area (Å²) in [6.07, 6.45) is 0. The van der Waals surface area contributed by atoms with Crippen molar-refractivity contribution in [2.75, 3.05) is 17.7 Å². The van der Waals surface area contributed by atoms with Crippen molar-refractivity contribution in [2.24, 2.45) is 5.73 Å². The molecule has 0 fully saturated rings. The predicted octanol–water partition coefficient (Wildman–Crippen LogP) is 2.93. The van der Waals surface area contributed by atoms with E-state index in [9.17, 15) is 9.59 Å². The standard InChI is InChI=1S/C16H15ClN2O3S/c17-11-5-1-3-7-13(11)22-9-16(21)19-12-6-2-4-8-14(12)23-10-15(18)20/h1-8H,9-10H2,(H2,18,20)(H,19,21). The number of carbonyl (C=O) groups is 2. The van der Waals surface area contributed by atoms with E-state index in [1.54, 1.807) is 42.5 Å². The van der Waals surface area contributed by atoms with Gasteiger partial charge < -0.3 is 15.8 Å². The largest absolute Gasteiger partial charge is 0.482 e. The highest BCUT2D eigenvalue weighted by atomic mass is 35.5. The van der Waals surface area contributed by atoms with Crippen molar-refractivity contribution in [3.05, 3.63) is 53.6 Å². The molecule has 3 N–H and O–H groups in total. The highest BCUT2D eigenvalue weighted by Gasteiger charge is 2.09. The second-order valence-corrected chi connectivity index (χ2v) is 5.94. The number of para-hydroxylation sites is 2. The first-order valence-electron chi connectivity index (χ1n) is 6.73. The third-order valence-corrected chi connectivity index (χ3v) is 4.13. The minimum absolute atomic E-state index is 0.142. The quantitative estimate of drug-likeness (QED) is 0.752. The Bertz CT molecular complexity index is 709. The molecule has 0 atom stereocenters. The molecule has 120 valence electrons.